The molecule has 0 saturated carbocycles. The van der Waals surface area contributed by atoms with E-state index < -0.39 is 5.97 Å². The third-order valence-corrected chi connectivity index (χ3v) is 3.72. The predicted molar refractivity (Wildman–Crippen MR) is 91.5 cm³/mol. The number of nitrogens with zero attached hydrogens (tertiary/aromatic N) is 1. The van der Waals surface area contributed by atoms with Gasteiger partial charge in [0.15, 0.2) is 5.16 Å². The number of anilines is 1. The Morgan fingerprint density at radius 3 is 2.62 bits per heavy atom. The summed E-state index contributed by atoms with van der Waals surface area (Å²) < 4.78 is 10.2. The van der Waals surface area contributed by atoms with Gasteiger partial charge in [0.1, 0.15) is 11.4 Å². The van der Waals surface area contributed by atoms with Crippen LogP contribution in [-0.2, 0) is 9.53 Å². The van der Waals surface area contributed by atoms with Gasteiger partial charge in [-0.2, -0.15) is 0 Å². The molecule has 0 fully saturated rings. The molecule has 1 aromatic heterocycles. The highest BCUT2D eigenvalue weighted by atomic mass is 32.2. The number of hydrogen-bond acceptors (Lipinski definition) is 6. The van der Waals surface area contributed by atoms with Crippen LogP contribution < -0.4 is 10.1 Å². The molecule has 1 amide bonds. The second-order valence-electron chi connectivity index (χ2n) is 4.62. The van der Waals surface area contributed by atoms with Crippen molar-refractivity contribution in [1.82, 2.24) is 9.97 Å². The molecule has 1 aromatic carbocycles. The van der Waals surface area contributed by atoms with Crippen molar-refractivity contribution in [3.63, 3.8) is 0 Å². The molecule has 0 aliphatic heterocycles. The SMILES string of the molecule is CCOC(=O)c1cnc(SCC(=O)Nc2ccc(OCC)cc2)[nH]1. The number of carbonyl (C=O) groups excluding carboxylic acids is 2. The van der Waals surface area contributed by atoms with Crippen molar-refractivity contribution in [1.29, 1.82) is 0 Å². The number of H-pyrrole nitrogens is 1. The number of amides is 1. The highest BCUT2D eigenvalue weighted by Crippen LogP contribution is 2.17. The van der Waals surface area contributed by atoms with E-state index in [1.165, 1.54) is 18.0 Å². The summed E-state index contributed by atoms with van der Waals surface area (Å²) in [5.41, 5.74) is 0.960. The monoisotopic (exact) mass is 349 g/mol. The molecule has 2 aromatic rings. The molecule has 1 heterocycles. The van der Waals surface area contributed by atoms with E-state index >= 15 is 0 Å². The van der Waals surface area contributed by atoms with Crippen molar-refractivity contribution < 1.29 is 19.1 Å². The van der Waals surface area contributed by atoms with Crippen LogP contribution in [0, 0.1) is 0 Å². The average Bonchev–Trinajstić information content (AvgIpc) is 3.04. The zero-order chi connectivity index (χ0) is 17.4. The Kier molecular flexibility index (Phi) is 6.68. The Balaban J connectivity index is 1.81. The molecule has 0 aliphatic rings. The van der Waals surface area contributed by atoms with Crippen LogP contribution in [0.2, 0.25) is 0 Å². The highest BCUT2D eigenvalue weighted by Gasteiger charge is 2.12. The van der Waals surface area contributed by atoms with Crippen LogP contribution in [0.3, 0.4) is 0 Å². The summed E-state index contributed by atoms with van der Waals surface area (Å²) in [5.74, 6) is 0.295. The summed E-state index contributed by atoms with van der Waals surface area (Å²) in [6.07, 6.45) is 1.39. The average molecular weight is 349 g/mol. The Bertz CT molecular complexity index is 685. The van der Waals surface area contributed by atoms with E-state index in [4.69, 9.17) is 9.47 Å². The molecular formula is C16H19N3O4S. The van der Waals surface area contributed by atoms with Gasteiger partial charge in [-0.25, -0.2) is 9.78 Å². The Morgan fingerprint density at radius 1 is 1.21 bits per heavy atom. The topological polar surface area (TPSA) is 93.3 Å². The largest absolute Gasteiger partial charge is 0.494 e. The van der Waals surface area contributed by atoms with Gasteiger partial charge in [-0.3, -0.25) is 4.79 Å². The first-order valence-electron chi connectivity index (χ1n) is 7.50. The number of carbonyl (C=O) groups is 2. The first kappa shape index (κ1) is 17.9. The van der Waals surface area contributed by atoms with Gasteiger partial charge in [-0.15, -0.1) is 0 Å². The molecule has 0 aliphatic carbocycles. The lowest BCUT2D eigenvalue weighted by Gasteiger charge is -2.06. The number of rotatable bonds is 8. The standard InChI is InChI=1S/C16H19N3O4S/c1-3-22-12-7-5-11(6-8-12)18-14(20)10-24-16-17-9-13(19-16)15(21)23-4-2/h5-9H,3-4,10H2,1-2H3,(H,17,19)(H,18,20). The van der Waals surface area contributed by atoms with E-state index in [9.17, 15) is 9.59 Å². The Labute approximate surface area is 144 Å². The summed E-state index contributed by atoms with van der Waals surface area (Å²) in [6, 6.07) is 7.15. The number of ether oxygens (including phenoxy) is 2. The molecule has 0 bridgehead atoms. The van der Waals surface area contributed by atoms with E-state index in [1.54, 1.807) is 31.2 Å². The quantitative estimate of drug-likeness (QED) is 0.562. The van der Waals surface area contributed by atoms with Gasteiger partial charge < -0.3 is 19.8 Å². The van der Waals surface area contributed by atoms with Crippen molar-refractivity contribution in [3.05, 3.63) is 36.2 Å². The number of nitrogens with one attached hydrogen (secondary N) is 2. The van der Waals surface area contributed by atoms with Crippen molar-refractivity contribution in [3.8, 4) is 5.75 Å². The van der Waals surface area contributed by atoms with Gasteiger partial charge in [0.05, 0.1) is 25.2 Å². The van der Waals surface area contributed by atoms with Crippen LogP contribution in [0.25, 0.3) is 0 Å². The maximum atomic E-state index is 11.9. The summed E-state index contributed by atoms with van der Waals surface area (Å²) in [5, 5.41) is 3.27. The van der Waals surface area contributed by atoms with Crippen LogP contribution >= 0.6 is 11.8 Å². The molecule has 0 radical (unpaired) electrons. The van der Waals surface area contributed by atoms with Crippen LogP contribution in [0.5, 0.6) is 5.75 Å². The second kappa shape index (κ2) is 8.97. The van der Waals surface area contributed by atoms with Crippen LogP contribution in [0.15, 0.2) is 35.6 Å². The van der Waals surface area contributed by atoms with Gasteiger partial charge in [-0.05, 0) is 38.1 Å². The molecule has 0 unspecified atom stereocenters. The lowest BCUT2D eigenvalue weighted by molar-refractivity contribution is -0.113. The lowest BCUT2D eigenvalue weighted by Crippen LogP contribution is -2.14. The molecule has 24 heavy (non-hydrogen) atoms. The predicted octanol–water partition coefficient (Wildman–Crippen LogP) is 2.72. The number of thioether (sulfide) groups is 1. The van der Waals surface area contributed by atoms with Crippen molar-refractivity contribution in [2.45, 2.75) is 19.0 Å². The third-order valence-electron chi connectivity index (χ3n) is 2.84. The number of hydrogen-bond donors (Lipinski definition) is 2. The van der Waals surface area contributed by atoms with Crippen LogP contribution in [0.4, 0.5) is 5.69 Å². The Hall–Kier alpha value is -2.48. The van der Waals surface area contributed by atoms with Crippen LogP contribution in [0.1, 0.15) is 24.3 Å². The van der Waals surface area contributed by atoms with Crippen molar-refractivity contribution in [2.75, 3.05) is 24.3 Å². The highest BCUT2D eigenvalue weighted by molar-refractivity contribution is 7.99. The van der Waals surface area contributed by atoms with E-state index in [1.807, 2.05) is 6.92 Å². The fraction of sp³-hybridized carbons (Fsp3) is 0.312. The minimum atomic E-state index is -0.462. The minimum absolute atomic E-state index is 0.168. The minimum Gasteiger partial charge on any atom is -0.494 e. The van der Waals surface area contributed by atoms with Gasteiger partial charge in [0.25, 0.3) is 0 Å². The molecule has 0 spiro atoms. The summed E-state index contributed by atoms with van der Waals surface area (Å²) >= 11 is 1.20. The van der Waals surface area contributed by atoms with E-state index in [0.29, 0.717) is 24.1 Å². The molecule has 128 valence electrons. The van der Waals surface area contributed by atoms with E-state index in [2.05, 4.69) is 15.3 Å². The van der Waals surface area contributed by atoms with Gasteiger partial charge >= 0.3 is 5.97 Å². The van der Waals surface area contributed by atoms with Crippen molar-refractivity contribution >= 4 is 29.3 Å². The molecule has 8 heteroatoms. The Morgan fingerprint density at radius 2 is 1.96 bits per heavy atom. The zero-order valence-corrected chi connectivity index (χ0v) is 14.3. The summed E-state index contributed by atoms with van der Waals surface area (Å²) in [6.45, 7) is 4.54. The fourth-order valence-corrected chi connectivity index (χ4v) is 2.47. The van der Waals surface area contributed by atoms with Crippen molar-refractivity contribution in [2.24, 2.45) is 0 Å². The lowest BCUT2D eigenvalue weighted by atomic mass is 10.3. The maximum Gasteiger partial charge on any atom is 0.356 e. The number of aromatic nitrogens is 2. The molecule has 2 rings (SSSR count). The van der Waals surface area contributed by atoms with E-state index in [-0.39, 0.29) is 17.4 Å². The van der Waals surface area contributed by atoms with E-state index in [0.717, 1.165) is 5.75 Å². The van der Waals surface area contributed by atoms with Crippen LogP contribution in [-0.4, -0.2) is 40.8 Å². The molecule has 0 saturated heterocycles. The summed E-state index contributed by atoms with van der Waals surface area (Å²) in [4.78, 5) is 30.3. The smallest absolute Gasteiger partial charge is 0.356 e. The first-order valence-corrected chi connectivity index (χ1v) is 8.48. The first-order chi connectivity index (χ1) is 11.6. The third kappa shape index (κ3) is 5.31. The molecule has 7 nitrogen and oxygen atoms in total. The molecular weight excluding hydrogens is 330 g/mol. The fourth-order valence-electron chi connectivity index (χ4n) is 1.82. The zero-order valence-electron chi connectivity index (χ0n) is 13.5. The number of imidazole rings is 1. The summed E-state index contributed by atoms with van der Waals surface area (Å²) in [7, 11) is 0. The van der Waals surface area contributed by atoms with Gasteiger partial charge in [0.2, 0.25) is 5.91 Å². The second-order valence-corrected chi connectivity index (χ2v) is 5.58. The molecule has 0 atom stereocenters. The van der Waals surface area contributed by atoms with Gasteiger partial charge in [0, 0.05) is 5.69 Å². The number of aromatic amines is 1. The number of benzene rings is 1. The number of esters is 1. The molecule has 2 N–H and O–H groups in total. The normalized spacial score (nSPS) is 10.2. The van der Waals surface area contributed by atoms with Gasteiger partial charge in [-0.1, -0.05) is 11.8 Å². The maximum absolute atomic E-state index is 11.9.